The number of H-pyrrole nitrogens is 1. The monoisotopic (exact) mass is 243 g/mol. The van der Waals surface area contributed by atoms with Gasteiger partial charge in [0, 0.05) is 16.1 Å². The standard InChI is InChI=1S/C10H7Cl2NO2/c1-4-8(10(14)15)6-2-5(11)3-7(12)9(6)13-4/h2-3,13H,1H3,(H,14,15). The molecule has 2 N–H and O–H groups in total. The molecule has 0 atom stereocenters. The maximum Gasteiger partial charge on any atom is 0.338 e. The smallest absolute Gasteiger partial charge is 0.338 e. The average molecular weight is 244 g/mol. The Hall–Kier alpha value is -1.19. The number of carboxylic acid groups (broad SMARTS) is 1. The predicted octanol–water partition coefficient (Wildman–Crippen LogP) is 3.48. The predicted molar refractivity (Wildman–Crippen MR) is 60.0 cm³/mol. The van der Waals surface area contributed by atoms with Crippen LogP contribution < -0.4 is 0 Å². The number of carboxylic acids is 1. The zero-order chi connectivity index (χ0) is 11.2. The second-order valence-corrected chi connectivity index (χ2v) is 4.08. The van der Waals surface area contributed by atoms with Crippen molar-refractivity contribution in [1.29, 1.82) is 0 Å². The molecule has 15 heavy (non-hydrogen) atoms. The molecule has 0 aliphatic heterocycles. The molecule has 1 aromatic carbocycles. The summed E-state index contributed by atoms with van der Waals surface area (Å²) >= 11 is 11.8. The number of aryl methyl sites for hydroxylation is 1. The lowest BCUT2D eigenvalue weighted by Crippen LogP contribution is -1.96. The summed E-state index contributed by atoms with van der Waals surface area (Å²) in [6, 6.07) is 3.17. The minimum atomic E-state index is -0.989. The SMILES string of the molecule is Cc1[nH]c2c(Cl)cc(Cl)cc2c1C(=O)O. The van der Waals surface area contributed by atoms with Crippen LogP contribution in [0.4, 0.5) is 0 Å². The molecule has 0 unspecified atom stereocenters. The zero-order valence-corrected chi connectivity index (χ0v) is 9.28. The van der Waals surface area contributed by atoms with Crippen LogP contribution in [0.2, 0.25) is 10.0 Å². The number of benzene rings is 1. The van der Waals surface area contributed by atoms with E-state index in [1.54, 1.807) is 19.1 Å². The number of aromatic carboxylic acids is 1. The largest absolute Gasteiger partial charge is 0.478 e. The van der Waals surface area contributed by atoms with E-state index < -0.39 is 5.97 Å². The third-order valence-corrected chi connectivity index (χ3v) is 2.74. The number of fused-ring (bicyclic) bond motifs is 1. The lowest BCUT2D eigenvalue weighted by Gasteiger charge is -1.96. The minimum Gasteiger partial charge on any atom is -0.478 e. The molecular weight excluding hydrogens is 237 g/mol. The molecule has 0 radical (unpaired) electrons. The van der Waals surface area contributed by atoms with Crippen LogP contribution in [0.5, 0.6) is 0 Å². The fourth-order valence-electron chi connectivity index (χ4n) is 1.63. The van der Waals surface area contributed by atoms with E-state index in [-0.39, 0.29) is 5.56 Å². The summed E-state index contributed by atoms with van der Waals surface area (Å²) in [4.78, 5) is 13.9. The van der Waals surface area contributed by atoms with Gasteiger partial charge in [0.05, 0.1) is 16.1 Å². The summed E-state index contributed by atoms with van der Waals surface area (Å²) in [6.45, 7) is 1.69. The summed E-state index contributed by atoms with van der Waals surface area (Å²) in [7, 11) is 0. The van der Waals surface area contributed by atoms with Crippen molar-refractivity contribution in [2.45, 2.75) is 6.92 Å². The molecule has 0 aliphatic carbocycles. The van der Waals surface area contributed by atoms with Crippen molar-refractivity contribution < 1.29 is 9.90 Å². The van der Waals surface area contributed by atoms with Gasteiger partial charge < -0.3 is 10.1 Å². The van der Waals surface area contributed by atoms with Crippen molar-refractivity contribution in [3.05, 3.63) is 33.4 Å². The minimum absolute atomic E-state index is 0.217. The van der Waals surface area contributed by atoms with E-state index in [0.29, 0.717) is 26.6 Å². The molecule has 78 valence electrons. The quantitative estimate of drug-likeness (QED) is 0.806. The molecular formula is C10H7Cl2NO2. The summed E-state index contributed by atoms with van der Waals surface area (Å²) in [5.41, 5.74) is 1.40. The van der Waals surface area contributed by atoms with Crippen molar-refractivity contribution >= 4 is 40.1 Å². The van der Waals surface area contributed by atoms with Crippen LogP contribution in [-0.4, -0.2) is 16.1 Å². The first-order chi connectivity index (χ1) is 7.00. The van der Waals surface area contributed by atoms with Gasteiger partial charge in [-0.1, -0.05) is 23.2 Å². The van der Waals surface area contributed by atoms with Gasteiger partial charge in [-0.25, -0.2) is 4.79 Å². The molecule has 0 spiro atoms. The number of aromatic nitrogens is 1. The third-order valence-electron chi connectivity index (χ3n) is 2.23. The molecule has 3 nitrogen and oxygen atoms in total. The van der Waals surface area contributed by atoms with Gasteiger partial charge in [0.2, 0.25) is 0 Å². The van der Waals surface area contributed by atoms with Gasteiger partial charge >= 0.3 is 5.97 Å². The van der Waals surface area contributed by atoms with E-state index >= 15 is 0 Å². The lowest BCUT2D eigenvalue weighted by molar-refractivity contribution is 0.0698. The number of rotatable bonds is 1. The van der Waals surface area contributed by atoms with Crippen LogP contribution in [0, 0.1) is 6.92 Å². The van der Waals surface area contributed by atoms with E-state index in [2.05, 4.69) is 4.98 Å². The molecule has 0 amide bonds. The Labute approximate surface area is 95.6 Å². The van der Waals surface area contributed by atoms with Crippen molar-refractivity contribution in [2.75, 3.05) is 0 Å². The van der Waals surface area contributed by atoms with E-state index in [1.807, 2.05) is 0 Å². The fourth-order valence-corrected chi connectivity index (χ4v) is 2.17. The van der Waals surface area contributed by atoms with Crippen LogP contribution in [0.1, 0.15) is 16.1 Å². The zero-order valence-electron chi connectivity index (χ0n) is 7.77. The summed E-state index contributed by atoms with van der Waals surface area (Å²) in [6.07, 6.45) is 0. The Kier molecular flexibility index (Phi) is 2.37. The first-order valence-corrected chi connectivity index (χ1v) is 4.97. The Morgan fingerprint density at radius 2 is 2.07 bits per heavy atom. The Morgan fingerprint density at radius 1 is 1.40 bits per heavy atom. The summed E-state index contributed by atoms with van der Waals surface area (Å²) < 4.78 is 0. The second-order valence-electron chi connectivity index (χ2n) is 3.24. The molecule has 1 aromatic heterocycles. The van der Waals surface area contributed by atoms with Crippen molar-refractivity contribution in [3.8, 4) is 0 Å². The fraction of sp³-hybridized carbons (Fsp3) is 0.100. The van der Waals surface area contributed by atoms with Gasteiger partial charge in [-0.05, 0) is 19.1 Å². The highest BCUT2D eigenvalue weighted by Crippen LogP contribution is 2.31. The normalized spacial score (nSPS) is 10.9. The number of halogens is 2. The highest BCUT2D eigenvalue weighted by atomic mass is 35.5. The maximum absolute atomic E-state index is 11.0. The highest BCUT2D eigenvalue weighted by molar-refractivity contribution is 6.38. The molecule has 2 rings (SSSR count). The number of nitrogens with one attached hydrogen (secondary N) is 1. The van der Waals surface area contributed by atoms with E-state index in [0.717, 1.165) is 0 Å². The topological polar surface area (TPSA) is 53.1 Å². The third kappa shape index (κ3) is 1.58. The van der Waals surface area contributed by atoms with Crippen LogP contribution in [0.3, 0.4) is 0 Å². The van der Waals surface area contributed by atoms with E-state index in [9.17, 15) is 4.79 Å². The Bertz CT molecular complexity index is 560. The van der Waals surface area contributed by atoms with Crippen molar-refractivity contribution in [1.82, 2.24) is 4.98 Å². The summed E-state index contributed by atoms with van der Waals surface area (Å²) in [5, 5.41) is 10.4. The molecule has 1 heterocycles. The van der Waals surface area contributed by atoms with Gasteiger partial charge in [-0.15, -0.1) is 0 Å². The van der Waals surface area contributed by atoms with Crippen LogP contribution >= 0.6 is 23.2 Å². The molecule has 0 fully saturated rings. The van der Waals surface area contributed by atoms with E-state index in [4.69, 9.17) is 28.3 Å². The lowest BCUT2D eigenvalue weighted by atomic mass is 10.1. The van der Waals surface area contributed by atoms with Gasteiger partial charge in [0.25, 0.3) is 0 Å². The Morgan fingerprint density at radius 3 is 2.67 bits per heavy atom. The van der Waals surface area contributed by atoms with Gasteiger partial charge in [0.1, 0.15) is 0 Å². The molecule has 2 aromatic rings. The highest BCUT2D eigenvalue weighted by Gasteiger charge is 2.16. The van der Waals surface area contributed by atoms with Gasteiger partial charge in [-0.3, -0.25) is 0 Å². The van der Waals surface area contributed by atoms with Crippen LogP contribution in [0.15, 0.2) is 12.1 Å². The Balaban J connectivity index is 2.93. The number of carbonyl (C=O) groups is 1. The molecule has 0 saturated heterocycles. The number of aromatic amines is 1. The second kappa shape index (κ2) is 3.43. The van der Waals surface area contributed by atoms with Crippen LogP contribution in [0.25, 0.3) is 10.9 Å². The molecule has 5 heteroatoms. The number of hydrogen-bond donors (Lipinski definition) is 2. The summed E-state index contributed by atoms with van der Waals surface area (Å²) in [5.74, 6) is -0.989. The van der Waals surface area contributed by atoms with Gasteiger partial charge in [0.15, 0.2) is 0 Å². The van der Waals surface area contributed by atoms with E-state index in [1.165, 1.54) is 0 Å². The van der Waals surface area contributed by atoms with Crippen molar-refractivity contribution in [2.24, 2.45) is 0 Å². The maximum atomic E-state index is 11.0. The first kappa shape index (κ1) is 10.3. The first-order valence-electron chi connectivity index (χ1n) is 4.21. The average Bonchev–Trinajstić information content (AvgIpc) is 2.41. The van der Waals surface area contributed by atoms with Crippen molar-refractivity contribution in [3.63, 3.8) is 0 Å². The molecule has 0 saturated carbocycles. The van der Waals surface area contributed by atoms with Crippen LogP contribution in [-0.2, 0) is 0 Å². The molecule has 0 aliphatic rings. The molecule has 0 bridgehead atoms. The number of hydrogen-bond acceptors (Lipinski definition) is 1. The van der Waals surface area contributed by atoms with Gasteiger partial charge in [-0.2, -0.15) is 0 Å².